The Bertz CT molecular complexity index is 528. The first-order valence-corrected chi connectivity index (χ1v) is 6.18. The van der Waals surface area contributed by atoms with Crippen molar-refractivity contribution in [1.82, 2.24) is 15.0 Å². The molecule has 0 aliphatic rings. The molecule has 100 valence electrons. The molecule has 3 N–H and O–H groups in total. The maximum absolute atomic E-state index is 5.72. The first-order chi connectivity index (χ1) is 9.19. The standard InChI is InChI=1S/C13H18N6/c1-3-15-11-8-12(18-13(14)17-11)19(2)9-10-6-4-5-7-16-10/h4-8H,3,9H2,1-2H3,(H3,14,15,17,18). The zero-order chi connectivity index (χ0) is 13.7. The summed E-state index contributed by atoms with van der Waals surface area (Å²) >= 11 is 0. The van der Waals surface area contributed by atoms with Crippen LogP contribution in [0.5, 0.6) is 0 Å². The quantitative estimate of drug-likeness (QED) is 0.846. The van der Waals surface area contributed by atoms with Crippen LogP contribution in [0.25, 0.3) is 0 Å². The zero-order valence-corrected chi connectivity index (χ0v) is 11.2. The molecular weight excluding hydrogens is 240 g/mol. The van der Waals surface area contributed by atoms with Crippen molar-refractivity contribution in [3.05, 3.63) is 36.2 Å². The van der Waals surface area contributed by atoms with E-state index in [0.29, 0.717) is 6.54 Å². The normalized spacial score (nSPS) is 10.2. The molecule has 2 heterocycles. The molecule has 0 radical (unpaired) electrons. The summed E-state index contributed by atoms with van der Waals surface area (Å²) in [4.78, 5) is 14.6. The van der Waals surface area contributed by atoms with E-state index in [2.05, 4.69) is 20.3 Å². The molecule has 0 aliphatic heterocycles. The maximum Gasteiger partial charge on any atom is 0.223 e. The highest BCUT2D eigenvalue weighted by molar-refractivity contribution is 5.52. The summed E-state index contributed by atoms with van der Waals surface area (Å²) in [6.07, 6.45) is 1.78. The van der Waals surface area contributed by atoms with Crippen LogP contribution in [-0.2, 0) is 6.54 Å². The molecule has 0 unspecified atom stereocenters. The van der Waals surface area contributed by atoms with Crippen LogP contribution in [0.2, 0.25) is 0 Å². The topological polar surface area (TPSA) is 80.0 Å². The fraction of sp³-hybridized carbons (Fsp3) is 0.308. The average molecular weight is 258 g/mol. The lowest BCUT2D eigenvalue weighted by atomic mass is 10.3. The Morgan fingerprint density at radius 2 is 2.16 bits per heavy atom. The molecule has 6 nitrogen and oxygen atoms in total. The van der Waals surface area contributed by atoms with Gasteiger partial charge in [-0.3, -0.25) is 4.98 Å². The van der Waals surface area contributed by atoms with Gasteiger partial charge in [0.2, 0.25) is 5.95 Å². The highest BCUT2D eigenvalue weighted by atomic mass is 15.2. The Kier molecular flexibility index (Phi) is 4.12. The van der Waals surface area contributed by atoms with Gasteiger partial charge in [0.05, 0.1) is 12.2 Å². The third-order valence-electron chi connectivity index (χ3n) is 2.60. The van der Waals surface area contributed by atoms with Crippen molar-refractivity contribution < 1.29 is 0 Å². The minimum atomic E-state index is 0.265. The van der Waals surface area contributed by atoms with Crippen molar-refractivity contribution in [3.63, 3.8) is 0 Å². The first kappa shape index (κ1) is 13.1. The number of nitrogen functional groups attached to an aromatic ring is 1. The Labute approximate surface area is 112 Å². The van der Waals surface area contributed by atoms with E-state index in [0.717, 1.165) is 23.9 Å². The van der Waals surface area contributed by atoms with Crippen molar-refractivity contribution >= 4 is 17.6 Å². The lowest BCUT2D eigenvalue weighted by Gasteiger charge is -2.18. The molecule has 0 bridgehead atoms. The van der Waals surface area contributed by atoms with Gasteiger partial charge in [0.1, 0.15) is 11.6 Å². The molecule has 0 saturated heterocycles. The summed E-state index contributed by atoms with van der Waals surface area (Å²) in [5.41, 5.74) is 6.70. The van der Waals surface area contributed by atoms with Crippen LogP contribution in [0.4, 0.5) is 17.6 Å². The van der Waals surface area contributed by atoms with E-state index in [1.807, 2.05) is 43.1 Å². The van der Waals surface area contributed by atoms with Gasteiger partial charge < -0.3 is 16.0 Å². The second-order valence-electron chi connectivity index (χ2n) is 4.18. The summed E-state index contributed by atoms with van der Waals surface area (Å²) in [6, 6.07) is 7.72. The number of nitrogens with one attached hydrogen (secondary N) is 1. The van der Waals surface area contributed by atoms with Gasteiger partial charge in [-0.1, -0.05) is 6.07 Å². The van der Waals surface area contributed by atoms with E-state index in [4.69, 9.17) is 5.73 Å². The third kappa shape index (κ3) is 3.54. The number of nitrogens with two attached hydrogens (primary N) is 1. The van der Waals surface area contributed by atoms with Gasteiger partial charge in [-0.15, -0.1) is 0 Å². The van der Waals surface area contributed by atoms with Crippen LogP contribution in [0, 0.1) is 0 Å². The zero-order valence-electron chi connectivity index (χ0n) is 11.2. The molecule has 0 spiro atoms. The van der Waals surface area contributed by atoms with Gasteiger partial charge in [-0.05, 0) is 19.1 Å². The van der Waals surface area contributed by atoms with E-state index in [1.54, 1.807) is 6.20 Å². The summed E-state index contributed by atoms with van der Waals surface area (Å²) in [5.74, 6) is 1.77. The number of pyridine rings is 1. The van der Waals surface area contributed by atoms with Crippen molar-refractivity contribution in [2.24, 2.45) is 0 Å². The molecule has 19 heavy (non-hydrogen) atoms. The molecular formula is C13H18N6. The van der Waals surface area contributed by atoms with Gasteiger partial charge in [-0.2, -0.15) is 9.97 Å². The number of aromatic nitrogens is 3. The van der Waals surface area contributed by atoms with E-state index >= 15 is 0 Å². The molecule has 6 heteroatoms. The highest BCUT2D eigenvalue weighted by Crippen LogP contribution is 2.17. The van der Waals surface area contributed by atoms with Crippen LogP contribution in [0.1, 0.15) is 12.6 Å². The molecule has 0 amide bonds. The molecule has 0 aliphatic carbocycles. The van der Waals surface area contributed by atoms with Gasteiger partial charge in [-0.25, -0.2) is 0 Å². The lowest BCUT2D eigenvalue weighted by Crippen LogP contribution is -2.19. The molecule has 0 saturated carbocycles. The second-order valence-corrected chi connectivity index (χ2v) is 4.18. The minimum absolute atomic E-state index is 0.265. The second kappa shape index (κ2) is 5.99. The molecule has 0 atom stereocenters. The fourth-order valence-electron chi connectivity index (χ4n) is 1.74. The monoisotopic (exact) mass is 258 g/mol. The molecule has 2 aromatic rings. The minimum Gasteiger partial charge on any atom is -0.370 e. The summed E-state index contributed by atoms with van der Waals surface area (Å²) in [5, 5.41) is 3.13. The predicted molar refractivity (Wildman–Crippen MR) is 77.0 cm³/mol. The largest absolute Gasteiger partial charge is 0.370 e. The summed E-state index contributed by atoms with van der Waals surface area (Å²) in [7, 11) is 1.95. The molecule has 2 aromatic heterocycles. The molecule has 0 aromatic carbocycles. The third-order valence-corrected chi connectivity index (χ3v) is 2.60. The van der Waals surface area contributed by atoms with Crippen molar-refractivity contribution in [3.8, 4) is 0 Å². The smallest absolute Gasteiger partial charge is 0.223 e. The highest BCUT2D eigenvalue weighted by Gasteiger charge is 2.07. The predicted octanol–water partition coefficient (Wildman–Crippen LogP) is 1.52. The van der Waals surface area contributed by atoms with Crippen LogP contribution >= 0.6 is 0 Å². The van der Waals surface area contributed by atoms with Gasteiger partial charge in [0.15, 0.2) is 0 Å². The van der Waals surface area contributed by atoms with Gasteiger partial charge >= 0.3 is 0 Å². The van der Waals surface area contributed by atoms with E-state index < -0.39 is 0 Å². The number of rotatable bonds is 5. The van der Waals surface area contributed by atoms with Crippen molar-refractivity contribution in [2.45, 2.75) is 13.5 Å². The SMILES string of the molecule is CCNc1cc(N(C)Cc2ccccn2)nc(N)n1. The average Bonchev–Trinajstić information content (AvgIpc) is 2.39. The molecule has 0 fully saturated rings. The Balaban J connectivity index is 2.16. The number of hydrogen-bond donors (Lipinski definition) is 2. The Hall–Kier alpha value is -2.37. The summed E-state index contributed by atoms with van der Waals surface area (Å²) in [6.45, 7) is 3.47. The fourth-order valence-corrected chi connectivity index (χ4v) is 1.74. The Morgan fingerprint density at radius 1 is 1.32 bits per heavy atom. The van der Waals surface area contributed by atoms with Gasteiger partial charge in [0.25, 0.3) is 0 Å². The number of anilines is 3. The van der Waals surface area contributed by atoms with Crippen LogP contribution in [0.3, 0.4) is 0 Å². The van der Waals surface area contributed by atoms with Gasteiger partial charge in [0, 0.05) is 25.9 Å². The number of hydrogen-bond acceptors (Lipinski definition) is 6. The van der Waals surface area contributed by atoms with E-state index in [-0.39, 0.29) is 5.95 Å². The maximum atomic E-state index is 5.72. The van der Waals surface area contributed by atoms with Crippen molar-refractivity contribution in [1.29, 1.82) is 0 Å². The van der Waals surface area contributed by atoms with Crippen LogP contribution < -0.4 is 16.0 Å². The first-order valence-electron chi connectivity index (χ1n) is 6.18. The van der Waals surface area contributed by atoms with Crippen LogP contribution in [0.15, 0.2) is 30.5 Å². The Morgan fingerprint density at radius 3 is 2.84 bits per heavy atom. The number of nitrogens with zero attached hydrogens (tertiary/aromatic N) is 4. The van der Waals surface area contributed by atoms with Crippen molar-refractivity contribution in [2.75, 3.05) is 29.5 Å². The lowest BCUT2D eigenvalue weighted by molar-refractivity contribution is 0.863. The molecule has 2 rings (SSSR count). The van der Waals surface area contributed by atoms with E-state index in [1.165, 1.54) is 0 Å². The summed E-state index contributed by atoms with van der Waals surface area (Å²) < 4.78 is 0. The van der Waals surface area contributed by atoms with E-state index in [9.17, 15) is 0 Å². The van der Waals surface area contributed by atoms with Crippen LogP contribution in [-0.4, -0.2) is 28.5 Å².